The Bertz CT molecular complexity index is 1810. The Morgan fingerprint density at radius 2 is 1.73 bits per heavy atom. The Morgan fingerprint density at radius 1 is 1.00 bits per heavy atom. The van der Waals surface area contributed by atoms with Crippen molar-refractivity contribution in [2.75, 3.05) is 27.4 Å². The second-order valence-corrected chi connectivity index (χ2v) is 11.9. The molecule has 4 aromatic rings. The number of hydrogen-bond donors (Lipinski definition) is 2. The molecule has 248 valence electrons. The molecule has 12 heteroatoms. The van der Waals surface area contributed by atoms with Crippen molar-refractivity contribution in [3.05, 3.63) is 134 Å². The van der Waals surface area contributed by atoms with Crippen molar-refractivity contribution in [1.82, 2.24) is 5.32 Å². The Morgan fingerprint density at radius 3 is 2.44 bits per heavy atom. The minimum Gasteiger partial charge on any atom is -0.497 e. The van der Waals surface area contributed by atoms with Crippen molar-refractivity contribution in [3.63, 3.8) is 0 Å². The Hall–Kier alpha value is -5.03. The number of carbonyl (C=O) groups is 1. The molecule has 11 nitrogen and oxygen atoms in total. The first-order chi connectivity index (χ1) is 23.4. The van der Waals surface area contributed by atoms with Crippen molar-refractivity contribution >= 4 is 27.7 Å². The molecule has 2 atom stereocenters. The van der Waals surface area contributed by atoms with E-state index >= 15 is 0 Å². The van der Waals surface area contributed by atoms with Gasteiger partial charge in [-0.1, -0.05) is 63.5 Å². The van der Waals surface area contributed by atoms with Crippen LogP contribution in [0.1, 0.15) is 40.3 Å². The van der Waals surface area contributed by atoms with Crippen LogP contribution < -0.4 is 19.5 Å². The Balaban J connectivity index is 1.61. The van der Waals surface area contributed by atoms with Crippen LogP contribution in [0, 0.1) is 0 Å². The molecule has 48 heavy (non-hydrogen) atoms. The average Bonchev–Trinajstić information content (AvgIpc) is 3.51. The SMILES string of the molecule is COc1ccc(CNC(=O)[C@]2(Cc3ccccc3Br)N=C(c3ccc(OCCCO)cc3)O[C@@H]2c2ccccc2CN=[N+]=[N-])c(OC)c1. The van der Waals surface area contributed by atoms with Gasteiger partial charge in [0.05, 0.1) is 27.4 Å². The minimum absolute atomic E-state index is 0.0399. The van der Waals surface area contributed by atoms with Gasteiger partial charge in [0.25, 0.3) is 5.91 Å². The predicted molar refractivity (Wildman–Crippen MR) is 185 cm³/mol. The van der Waals surface area contributed by atoms with Crippen LogP contribution in [-0.4, -0.2) is 49.9 Å². The number of benzene rings is 4. The van der Waals surface area contributed by atoms with Crippen LogP contribution in [0.2, 0.25) is 0 Å². The summed E-state index contributed by atoms with van der Waals surface area (Å²) in [6.45, 7) is 0.642. The summed E-state index contributed by atoms with van der Waals surface area (Å²) >= 11 is 3.67. The summed E-state index contributed by atoms with van der Waals surface area (Å²) in [5.74, 6) is 1.75. The lowest BCUT2D eigenvalue weighted by atomic mass is 9.80. The Labute approximate surface area is 287 Å². The lowest BCUT2D eigenvalue weighted by Gasteiger charge is -2.32. The van der Waals surface area contributed by atoms with E-state index < -0.39 is 11.6 Å². The molecule has 0 bridgehead atoms. The van der Waals surface area contributed by atoms with Crippen molar-refractivity contribution in [3.8, 4) is 17.2 Å². The summed E-state index contributed by atoms with van der Waals surface area (Å²) < 4.78 is 24.2. The fraction of sp³-hybridized carbons (Fsp3) is 0.278. The third kappa shape index (κ3) is 7.74. The summed E-state index contributed by atoms with van der Waals surface area (Å²) in [6, 6.07) is 27.8. The molecule has 0 radical (unpaired) electrons. The smallest absolute Gasteiger partial charge is 0.252 e. The average molecular weight is 715 g/mol. The first-order valence-electron chi connectivity index (χ1n) is 15.3. The first-order valence-corrected chi connectivity index (χ1v) is 16.1. The number of carbonyl (C=O) groups excluding carboxylic acids is 1. The zero-order valence-corrected chi connectivity index (χ0v) is 28.2. The van der Waals surface area contributed by atoms with Gasteiger partial charge < -0.3 is 29.4 Å². The second-order valence-electron chi connectivity index (χ2n) is 11.0. The number of halogens is 1. The van der Waals surface area contributed by atoms with Crippen LogP contribution in [0.25, 0.3) is 10.4 Å². The van der Waals surface area contributed by atoms with E-state index in [0.717, 1.165) is 15.6 Å². The van der Waals surface area contributed by atoms with Gasteiger partial charge in [0.2, 0.25) is 5.90 Å². The number of aliphatic hydroxyl groups excluding tert-OH is 1. The number of nitrogens with zero attached hydrogens (tertiary/aromatic N) is 4. The molecule has 0 saturated heterocycles. The predicted octanol–water partition coefficient (Wildman–Crippen LogP) is 6.85. The van der Waals surface area contributed by atoms with Gasteiger partial charge in [-0.15, -0.1) is 0 Å². The number of aliphatic hydroxyl groups is 1. The highest BCUT2D eigenvalue weighted by Gasteiger charge is 2.54. The molecule has 1 heterocycles. The molecule has 0 fully saturated rings. The van der Waals surface area contributed by atoms with Crippen LogP contribution in [0.15, 0.2) is 106 Å². The van der Waals surface area contributed by atoms with E-state index in [9.17, 15) is 4.79 Å². The number of hydrogen-bond acceptors (Lipinski definition) is 8. The fourth-order valence-corrected chi connectivity index (χ4v) is 5.98. The normalized spacial score (nSPS) is 16.7. The highest BCUT2D eigenvalue weighted by molar-refractivity contribution is 9.10. The summed E-state index contributed by atoms with van der Waals surface area (Å²) in [5, 5.41) is 16.0. The fourth-order valence-electron chi connectivity index (χ4n) is 5.56. The summed E-state index contributed by atoms with van der Waals surface area (Å²) in [7, 11) is 3.14. The maximum absolute atomic E-state index is 14.8. The molecule has 2 N–H and O–H groups in total. The molecule has 1 amide bonds. The van der Waals surface area contributed by atoms with Crippen LogP contribution in [0.3, 0.4) is 0 Å². The molecule has 1 aliphatic heterocycles. The van der Waals surface area contributed by atoms with Crippen LogP contribution in [-0.2, 0) is 29.0 Å². The number of aliphatic imine (C=N–C) groups is 1. The van der Waals surface area contributed by atoms with E-state index in [4.69, 9.17) is 34.6 Å². The third-order valence-electron chi connectivity index (χ3n) is 8.02. The van der Waals surface area contributed by atoms with Gasteiger partial charge in [-0.25, -0.2) is 4.99 Å². The van der Waals surface area contributed by atoms with E-state index in [2.05, 4.69) is 31.3 Å². The Kier molecular flexibility index (Phi) is 11.6. The lowest BCUT2D eigenvalue weighted by molar-refractivity contribution is -0.129. The van der Waals surface area contributed by atoms with Crippen molar-refractivity contribution < 1.29 is 28.8 Å². The summed E-state index contributed by atoms with van der Waals surface area (Å²) in [6.07, 6.45) is -0.182. The van der Waals surface area contributed by atoms with Crippen LogP contribution >= 0.6 is 15.9 Å². The topological polar surface area (TPSA) is 147 Å². The van der Waals surface area contributed by atoms with Crippen molar-refractivity contribution in [1.29, 1.82) is 0 Å². The van der Waals surface area contributed by atoms with Gasteiger partial charge in [-0.05, 0) is 64.7 Å². The molecule has 5 rings (SSSR count). The van der Waals surface area contributed by atoms with Crippen LogP contribution in [0.4, 0.5) is 0 Å². The first kappa shape index (κ1) is 34.3. The standard InChI is InChI=1S/C36H36BrN5O6/c1-45-29-17-14-27(32(20-29)46-2)22-39-35(44)36(21-25-8-4-6-11-31(25)37)33(30-10-5-3-9-26(30)23-40-42-38)48-34(41-36)24-12-15-28(16-13-24)47-19-7-18-43/h3-6,8-17,20,33,43H,7,18-19,21-23H2,1-2H3,(H,39,44)/t33-,36-/m1/s1. The highest BCUT2D eigenvalue weighted by atomic mass is 79.9. The maximum atomic E-state index is 14.8. The van der Waals surface area contributed by atoms with Crippen molar-refractivity contribution in [2.45, 2.75) is 37.6 Å². The van der Waals surface area contributed by atoms with Gasteiger partial charge in [-0.3, -0.25) is 4.79 Å². The maximum Gasteiger partial charge on any atom is 0.252 e. The van der Waals surface area contributed by atoms with Gasteiger partial charge >= 0.3 is 0 Å². The number of ether oxygens (including phenoxy) is 4. The van der Waals surface area contributed by atoms with Gasteiger partial charge in [-0.2, -0.15) is 0 Å². The number of azide groups is 1. The molecule has 4 aromatic carbocycles. The summed E-state index contributed by atoms with van der Waals surface area (Å²) in [4.78, 5) is 22.9. The quantitative estimate of drug-likeness (QED) is 0.0596. The molecule has 0 aliphatic carbocycles. The molecule has 0 spiro atoms. The van der Waals surface area contributed by atoms with Gasteiger partial charge in [0.15, 0.2) is 11.6 Å². The molecule has 0 aromatic heterocycles. The molecule has 1 aliphatic rings. The highest BCUT2D eigenvalue weighted by Crippen LogP contribution is 2.44. The van der Waals surface area contributed by atoms with E-state index in [-0.39, 0.29) is 37.9 Å². The van der Waals surface area contributed by atoms with E-state index in [0.29, 0.717) is 47.0 Å². The van der Waals surface area contributed by atoms with Crippen LogP contribution in [0.5, 0.6) is 17.2 Å². The zero-order chi connectivity index (χ0) is 33.9. The number of rotatable bonds is 15. The number of amides is 1. The second kappa shape index (κ2) is 16.2. The largest absolute Gasteiger partial charge is 0.497 e. The number of nitrogens with one attached hydrogen (secondary N) is 1. The van der Waals surface area contributed by atoms with Gasteiger partial charge in [0, 0.05) is 52.6 Å². The molecule has 0 saturated carbocycles. The number of methoxy groups -OCH3 is 2. The third-order valence-corrected chi connectivity index (χ3v) is 8.80. The minimum atomic E-state index is -1.48. The molecule has 0 unspecified atom stereocenters. The van der Waals surface area contributed by atoms with E-state index in [1.54, 1.807) is 32.4 Å². The summed E-state index contributed by atoms with van der Waals surface area (Å²) in [5.41, 5.74) is 11.3. The monoisotopic (exact) mass is 713 g/mol. The zero-order valence-electron chi connectivity index (χ0n) is 26.6. The van der Waals surface area contributed by atoms with E-state index in [1.165, 1.54) is 0 Å². The van der Waals surface area contributed by atoms with Crippen molar-refractivity contribution in [2.24, 2.45) is 10.1 Å². The van der Waals surface area contributed by atoms with Gasteiger partial charge in [0.1, 0.15) is 17.2 Å². The lowest BCUT2D eigenvalue weighted by Crippen LogP contribution is -2.50. The molecular weight excluding hydrogens is 678 g/mol. The molecular formula is C36H36BrN5O6. The van der Waals surface area contributed by atoms with E-state index in [1.807, 2.05) is 72.8 Å².